The summed E-state index contributed by atoms with van der Waals surface area (Å²) in [4.78, 5) is 2.00. The number of hydrogen-bond donors (Lipinski definition) is 2. The zero-order chi connectivity index (χ0) is 10.4. The first-order valence-electron chi connectivity index (χ1n) is 4.35. The van der Waals surface area contributed by atoms with Crippen LogP contribution in [0.5, 0.6) is 0 Å². The number of methoxy groups -OCH3 is 1. The summed E-state index contributed by atoms with van der Waals surface area (Å²) in [6, 6.07) is 1.80. The van der Waals surface area contributed by atoms with E-state index in [9.17, 15) is 0 Å². The average Bonchev–Trinajstić information content (AvgIpc) is 2.59. The maximum atomic E-state index is 8.87. The number of hydrogen-bond acceptors (Lipinski definition) is 6. The van der Waals surface area contributed by atoms with E-state index < -0.39 is 0 Å². The minimum atomic E-state index is 0.113. The molecule has 0 saturated heterocycles. The van der Waals surface area contributed by atoms with Crippen LogP contribution in [-0.4, -0.2) is 42.9 Å². The van der Waals surface area contributed by atoms with E-state index in [1.807, 2.05) is 4.90 Å². The molecule has 0 atom stereocenters. The van der Waals surface area contributed by atoms with Gasteiger partial charge < -0.3 is 20.5 Å². The van der Waals surface area contributed by atoms with Crippen LogP contribution in [0.1, 0.15) is 0 Å². The second-order valence-electron chi connectivity index (χ2n) is 2.79. The van der Waals surface area contributed by atoms with Crippen LogP contribution < -0.4 is 10.6 Å². The normalized spacial score (nSPS) is 10.4. The first-order valence-corrected chi connectivity index (χ1v) is 5.12. The highest BCUT2D eigenvalue weighted by molar-refractivity contribution is 7.10. The van der Waals surface area contributed by atoms with Crippen molar-refractivity contribution in [1.82, 2.24) is 4.37 Å². The lowest BCUT2D eigenvalue weighted by molar-refractivity contribution is 0.203. The van der Waals surface area contributed by atoms with E-state index >= 15 is 0 Å². The van der Waals surface area contributed by atoms with Gasteiger partial charge in [0.15, 0.2) is 0 Å². The molecular weight excluding hydrogens is 202 g/mol. The third-order valence-corrected chi connectivity index (χ3v) is 2.63. The van der Waals surface area contributed by atoms with E-state index in [-0.39, 0.29) is 6.61 Å². The van der Waals surface area contributed by atoms with E-state index in [0.717, 1.165) is 11.5 Å². The van der Waals surface area contributed by atoms with Gasteiger partial charge in [0.25, 0.3) is 0 Å². The molecule has 1 heterocycles. The van der Waals surface area contributed by atoms with Gasteiger partial charge in [-0.3, -0.25) is 0 Å². The Hall–Kier alpha value is -0.850. The molecule has 0 spiro atoms. The van der Waals surface area contributed by atoms with Gasteiger partial charge in [-0.25, -0.2) is 0 Å². The summed E-state index contributed by atoms with van der Waals surface area (Å²) in [5.41, 5.74) is 5.52. The zero-order valence-corrected chi connectivity index (χ0v) is 8.96. The second kappa shape index (κ2) is 5.79. The molecule has 0 unspecified atom stereocenters. The number of nitrogens with two attached hydrogens (primary N) is 1. The molecule has 0 aromatic carbocycles. The zero-order valence-electron chi connectivity index (χ0n) is 8.14. The highest BCUT2D eigenvalue weighted by Crippen LogP contribution is 2.22. The van der Waals surface area contributed by atoms with Crippen LogP contribution >= 0.6 is 11.5 Å². The van der Waals surface area contributed by atoms with Crippen LogP contribution in [-0.2, 0) is 4.74 Å². The number of aromatic nitrogens is 1. The van der Waals surface area contributed by atoms with E-state index in [0.29, 0.717) is 19.0 Å². The highest BCUT2D eigenvalue weighted by Gasteiger charge is 2.08. The molecular formula is C8H15N3O2S. The van der Waals surface area contributed by atoms with Crippen molar-refractivity contribution >= 4 is 22.4 Å². The lowest BCUT2D eigenvalue weighted by Gasteiger charge is -2.20. The Kier molecular flexibility index (Phi) is 4.64. The van der Waals surface area contributed by atoms with Gasteiger partial charge in [-0.15, -0.1) is 0 Å². The monoisotopic (exact) mass is 217 g/mol. The first-order chi connectivity index (χ1) is 6.77. The maximum Gasteiger partial charge on any atom is 0.139 e. The van der Waals surface area contributed by atoms with Crippen molar-refractivity contribution in [2.75, 3.05) is 44.0 Å². The van der Waals surface area contributed by atoms with Gasteiger partial charge in [0.05, 0.1) is 13.2 Å². The third-order valence-electron chi connectivity index (χ3n) is 1.76. The summed E-state index contributed by atoms with van der Waals surface area (Å²) < 4.78 is 8.96. The second-order valence-corrected chi connectivity index (χ2v) is 3.58. The number of ether oxygens (including phenoxy) is 1. The van der Waals surface area contributed by atoms with Crippen LogP contribution in [0.4, 0.5) is 10.8 Å². The molecule has 0 aliphatic rings. The minimum Gasteiger partial charge on any atom is -0.395 e. The van der Waals surface area contributed by atoms with Gasteiger partial charge in [0, 0.05) is 26.3 Å². The summed E-state index contributed by atoms with van der Waals surface area (Å²) in [6.07, 6.45) is 0. The molecule has 80 valence electrons. The summed E-state index contributed by atoms with van der Waals surface area (Å²) in [5, 5.41) is 9.84. The van der Waals surface area contributed by atoms with Gasteiger partial charge in [-0.2, -0.15) is 4.37 Å². The fourth-order valence-electron chi connectivity index (χ4n) is 1.08. The number of aliphatic hydroxyl groups is 1. The molecule has 0 saturated carbocycles. The van der Waals surface area contributed by atoms with Crippen molar-refractivity contribution in [3.63, 3.8) is 0 Å². The van der Waals surface area contributed by atoms with E-state index in [1.54, 1.807) is 13.2 Å². The van der Waals surface area contributed by atoms with Crippen molar-refractivity contribution in [2.24, 2.45) is 0 Å². The minimum absolute atomic E-state index is 0.113. The van der Waals surface area contributed by atoms with Gasteiger partial charge in [0.1, 0.15) is 10.8 Å². The van der Waals surface area contributed by atoms with Crippen molar-refractivity contribution in [1.29, 1.82) is 0 Å². The average molecular weight is 217 g/mol. The molecule has 0 amide bonds. The molecule has 6 heteroatoms. The summed E-state index contributed by atoms with van der Waals surface area (Å²) in [5.74, 6) is 0.519. The van der Waals surface area contributed by atoms with E-state index in [4.69, 9.17) is 15.6 Å². The number of nitrogen functional groups attached to an aromatic ring is 1. The van der Waals surface area contributed by atoms with Crippen LogP contribution in [0.3, 0.4) is 0 Å². The Labute approximate surface area is 87.3 Å². The van der Waals surface area contributed by atoms with Gasteiger partial charge >= 0.3 is 0 Å². The van der Waals surface area contributed by atoms with E-state index in [2.05, 4.69) is 4.37 Å². The Balaban J connectivity index is 2.57. The van der Waals surface area contributed by atoms with Crippen molar-refractivity contribution < 1.29 is 9.84 Å². The number of rotatable bonds is 6. The van der Waals surface area contributed by atoms with Crippen LogP contribution in [0.2, 0.25) is 0 Å². The topological polar surface area (TPSA) is 71.6 Å². The van der Waals surface area contributed by atoms with Crippen LogP contribution in [0.25, 0.3) is 0 Å². The van der Waals surface area contributed by atoms with Crippen LogP contribution in [0, 0.1) is 0 Å². The Morgan fingerprint density at radius 1 is 1.64 bits per heavy atom. The summed E-state index contributed by atoms with van der Waals surface area (Å²) in [6.45, 7) is 2.04. The maximum absolute atomic E-state index is 8.87. The molecule has 3 N–H and O–H groups in total. The molecule has 1 rings (SSSR count). The van der Waals surface area contributed by atoms with Crippen LogP contribution in [0.15, 0.2) is 6.07 Å². The molecule has 5 nitrogen and oxygen atoms in total. The predicted octanol–water partition coefficient (Wildman–Crippen LogP) is 0.170. The summed E-state index contributed by atoms with van der Waals surface area (Å²) >= 11 is 1.33. The lowest BCUT2D eigenvalue weighted by Crippen LogP contribution is -2.29. The molecule has 0 fully saturated rings. The third kappa shape index (κ3) is 3.13. The number of aliphatic hydroxyl groups excluding tert-OH is 1. The molecule has 0 radical (unpaired) electrons. The Bertz CT molecular complexity index is 267. The molecule has 0 aliphatic heterocycles. The molecule has 0 aliphatic carbocycles. The smallest absolute Gasteiger partial charge is 0.139 e. The number of nitrogens with zero attached hydrogens (tertiary/aromatic N) is 2. The quantitative estimate of drug-likeness (QED) is 0.710. The van der Waals surface area contributed by atoms with Crippen molar-refractivity contribution in [3.05, 3.63) is 6.07 Å². The van der Waals surface area contributed by atoms with E-state index in [1.165, 1.54) is 11.5 Å². The SMILES string of the molecule is COCCN(CCO)c1cc(N)ns1. The predicted molar refractivity (Wildman–Crippen MR) is 57.7 cm³/mol. The molecule has 1 aromatic rings. The van der Waals surface area contributed by atoms with Gasteiger partial charge in [-0.1, -0.05) is 0 Å². The first kappa shape index (κ1) is 11.2. The molecule has 1 aromatic heterocycles. The fourth-order valence-corrected chi connectivity index (χ4v) is 1.81. The van der Waals surface area contributed by atoms with Gasteiger partial charge in [0.2, 0.25) is 0 Å². The van der Waals surface area contributed by atoms with Crippen molar-refractivity contribution in [3.8, 4) is 0 Å². The number of anilines is 2. The summed E-state index contributed by atoms with van der Waals surface area (Å²) in [7, 11) is 1.65. The Morgan fingerprint density at radius 2 is 2.43 bits per heavy atom. The highest BCUT2D eigenvalue weighted by atomic mass is 32.1. The Morgan fingerprint density at radius 3 is 2.93 bits per heavy atom. The largest absolute Gasteiger partial charge is 0.395 e. The molecule has 14 heavy (non-hydrogen) atoms. The molecule has 0 bridgehead atoms. The fraction of sp³-hybridized carbons (Fsp3) is 0.625. The standard InChI is InChI=1S/C8H15N3O2S/c1-13-5-3-11(2-4-12)8-6-7(9)10-14-8/h6,12H,2-5H2,1H3,(H2,9,10). The van der Waals surface area contributed by atoms with Crippen molar-refractivity contribution in [2.45, 2.75) is 0 Å². The lowest BCUT2D eigenvalue weighted by atomic mass is 10.4. The van der Waals surface area contributed by atoms with Gasteiger partial charge in [-0.05, 0) is 11.5 Å².